The molecule has 0 aliphatic heterocycles. The largest absolute Gasteiger partial charge is 0.380 e. The van der Waals surface area contributed by atoms with E-state index in [1.807, 2.05) is 0 Å². The number of anilines is 1. The van der Waals surface area contributed by atoms with Crippen molar-refractivity contribution >= 4 is 21.4 Å². The van der Waals surface area contributed by atoms with Gasteiger partial charge in [0.25, 0.3) is 0 Å². The highest BCUT2D eigenvalue weighted by atomic mass is 32.2. The van der Waals surface area contributed by atoms with E-state index in [4.69, 9.17) is 0 Å². The van der Waals surface area contributed by atoms with Crippen molar-refractivity contribution in [1.29, 1.82) is 0 Å². The van der Waals surface area contributed by atoms with E-state index in [0.29, 0.717) is 6.54 Å². The summed E-state index contributed by atoms with van der Waals surface area (Å²) in [7, 11) is -2.50. The molecule has 20 heavy (non-hydrogen) atoms. The van der Waals surface area contributed by atoms with Gasteiger partial charge < -0.3 is 5.32 Å². The molecule has 0 fully saturated rings. The number of hydrogen-bond acceptors (Lipinski definition) is 5. The number of sulfonamides is 1. The average Bonchev–Trinajstić information content (AvgIpc) is 2.37. The lowest BCUT2D eigenvalue weighted by Gasteiger charge is -2.21. The maximum Gasteiger partial charge on any atom is 0.312 e. The lowest BCUT2D eigenvalue weighted by molar-refractivity contribution is -0.386. The summed E-state index contributed by atoms with van der Waals surface area (Å²) in [6.07, 6.45) is 0. The van der Waals surface area contributed by atoms with Crippen LogP contribution in [0.25, 0.3) is 0 Å². The molecule has 8 heteroatoms. The third kappa shape index (κ3) is 3.07. The molecule has 1 rings (SSSR count). The second kappa shape index (κ2) is 6.19. The van der Waals surface area contributed by atoms with Crippen LogP contribution in [-0.4, -0.2) is 37.3 Å². The van der Waals surface area contributed by atoms with Gasteiger partial charge in [-0.3, -0.25) is 10.1 Å². The maximum absolute atomic E-state index is 12.4. The fraction of sp³-hybridized carbons (Fsp3) is 0.500. The summed E-state index contributed by atoms with van der Waals surface area (Å²) in [5.41, 5.74) is -0.211. The van der Waals surface area contributed by atoms with E-state index < -0.39 is 20.6 Å². The molecular formula is C12H19N3O4S. The van der Waals surface area contributed by atoms with E-state index in [1.165, 1.54) is 25.2 Å². The standard InChI is InChI=1S/C12H19N3O4S/c1-5-13-10-7-6-8-11(12(10)15(16)17)20(18,19)14(4)9(2)3/h6-9,13H,5H2,1-4H3. The molecule has 0 amide bonds. The zero-order valence-corrected chi connectivity index (χ0v) is 12.8. The van der Waals surface area contributed by atoms with Crippen molar-refractivity contribution in [2.24, 2.45) is 0 Å². The lowest BCUT2D eigenvalue weighted by atomic mass is 10.2. The van der Waals surface area contributed by atoms with Crippen molar-refractivity contribution in [2.45, 2.75) is 31.7 Å². The van der Waals surface area contributed by atoms with Gasteiger partial charge in [-0.2, -0.15) is 4.31 Å². The summed E-state index contributed by atoms with van der Waals surface area (Å²) in [6.45, 7) is 5.66. The van der Waals surface area contributed by atoms with Crippen LogP contribution in [-0.2, 0) is 10.0 Å². The Balaban J connectivity index is 3.53. The third-order valence-electron chi connectivity index (χ3n) is 2.93. The van der Waals surface area contributed by atoms with E-state index in [0.717, 1.165) is 4.31 Å². The molecule has 1 N–H and O–H groups in total. The molecule has 7 nitrogen and oxygen atoms in total. The maximum atomic E-state index is 12.4. The first kappa shape index (κ1) is 16.4. The first-order chi connectivity index (χ1) is 9.23. The van der Waals surface area contributed by atoms with Crippen molar-refractivity contribution < 1.29 is 13.3 Å². The molecule has 0 unspecified atom stereocenters. The highest BCUT2D eigenvalue weighted by Gasteiger charge is 2.32. The van der Waals surface area contributed by atoms with Gasteiger partial charge in [0, 0.05) is 19.6 Å². The minimum absolute atomic E-state index is 0.204. The minimum atomic E-state index is -3.90. The van der Waals surface area contributed by atoms with E-state index in [2.05, 4.69) is 5.32 Å². The van der Waals surface area contributed by atoms with Gasteiger partial charge in [0.2, 0.25) is 10.0 Å². The molecule has 0 aliphatic carbocycles. The molecule has 0 atom stereocenters. The van der Waals surface area contributed by atoms with E-state index in [1.54, 1.807) is 20.8 Å². The van der Waals surface area contributed by atoms with E-state index in [-0.39, 0.29) is 16.6 Å². The van der Waals surface area contributed by atoms with Crippen LogP contribution in [0.4, 0.5) is 11.4 Å². The molecular weight excluding hydrogens is 282 g/mol. The number of nitro groups is 1. The minimum Gasteiger partial charge on any atom is -0.380 e. The van der Waals surface area contributed by atoms with Gasteiger partial charge in [-0.15, -0.1) is 0 Å². The molecule has 0 spiro atoms. The molecule has 0 saturated heterocycles. The average molecular weight is 301 g/mol. The van der Waals surface area contributed by atoms with Gasteiger partial charge in [0.1, 0.15) is 5.69 Å². The summed E-state index contributed by atoms with van der Waals surface area (Å²) in [4.78, 5) is 10.3. The highest BCUT2D eigenvalue weighted by molar-refractivity contribution is 7.89. The first-order valence-corrected chi connectivity index (χ1v) is 7.66. The summed E-state index contributed by atoms with van der Waals surface area (Å²) >= 11 is 0. The van der Waals surface area contributed by atoms with Crippen molar-refractivity contribution in [3.8, 4) is 0 Å². The third-order valence-corrected chi connectivity index (χ3v) is 5.00. The van der Waals surface area contributed by atoms with Crippen LogP contribution in [0.15, 0.2) is 23.1 Å². The zero-order chi connectivity index (χ0) is 15.5. The van der Waals surface area contributed by atoms with Gasteiger partial charge in [0.05, 0.1) is 4.92 Å². The molecule has 0 aromatic heterocycles. The summed E-state index contributed by atoms with van der Waals surface area (Å²) in [5.74, 6) is 0. The Morgan fingerprint density at radius 1 is 1.40 bits per heavy atom. The number of rotatable bonds is 6. The Kier molecular flexibility index (Phi) is 5.07. The predicted octanol–water partition coefficient (Wildman–Crippen LogP) is 2.06. The number of benzene rings is 1. The molecule has 0 aliphatic rings. The fourth-order valence-corrected chi connectivity index (χ4v) is 3.23. The Labute approximate surface area is 118 Å². The fourth-order valence-electron chi connectivity index (χ4n) is 1.68. The van der Waals surface area contributed by atoms with Crippen LogP contribution < -0.4 is 5.32 Å². The first-order valence-electron chi connectivity index (χ1n) is 6.22. The van der Waals surface area contributed by atoms with Gasteiger partial charge >= 0.3 is 5.69 Å². The number of para-hydroxylation sites is 1. The lowest BCUT2D eigenvalue weighted by Crippen LogP contribution is -2.33. The van der Waals surface area contributed by atoms with Crippen LogP contribution >= 0.6 is 0 Å². The number of hydrogen-bond donors (Lipinski definition) is 1. The Morgan fingerprint density at radius 3 is 2.45 bits per heavy atom. The van der Waals surface area contributed by atoms with Crippen molar-refractivity contribution in [3.63, 3.8) is 0 Å². The normalized spacial score (nSPS) is 11.9. The molecule has 0 radical (unpaired) electrons. The van der Waals surface area contributed by atoms with Gasteiger partial charge in [-0.25, -0.2) is 8.42 Å². The van der Waals surface area contributed by atoms with Crippen LogP contribution in [0.3, 0.4) is 0 Å². The van der Waals surface area contributed by atoms with Crippen molar-refractivity contribution in [1.82, 2.24) is 4.31 Å². The highest BCUT2D eigenvalue weighted by Crippen LogP contribution is 2.33. The van der Waals surface area contributed by atoms with Crippen molar-refractivity contribution in [2.75, 3.05) is 18.9 Å². The zero-order valence-electron chi connectivity index (χ0n) is 12.0. The van der Waals surface area contributed by atoms with Gasteiger partial charge in [-0.05, 0) is 32.9 Å². The van der Waals surface area contributed by atoms with E-state index >= 15 is 0 Å². The Morgan fingerprint density at radius 2 is 2.00 bits per heavy atom. The summed E-state index contributed by atoms with van der Waals surface area (Å²) in [5, 5.41) is 14.1. The van der Waals surface area contributed by atoms with E-state index in [9.17, 15) is 18.5 Å². The summed E-state index contributed by atoms with van der Waals surface area (Å²) in [6, 6.07) is 3.96. The molecule has 0 bridgehead atoms. The number of nitro benzene ring substituents is 1. The SMILES string of the molecule is CCNc1cccc(S(=O)(=O)N(C)C(C)C)c1[N+](=O)[O-]. The second-order valence-electron chi connectivity index (χ2n) is 4.55. The van der Waals surface area contributed by atoms with Crippen molar-refractivity contribution in [3.05, 3.63) is 28.3 Å². The number of nitrogens with zero attached hydrogens (tertiary/aromatic N) is 2. The molecule has 0 heterocycles. The van der Waals surface area contributed by atoms with Crippen LogP contribution in [0.5, 0.6) is 0 Å². The molecule has 1 aromatic carbocycles. The summed E-state index contributed by atoms with van der Waals surface area (Å²) < 4.78 is 26.0. The quantitative estimate of drug-likeness (QED) is 0.641. The van der Waals surface area contributed by atoms with Crippen LogP contribution in [0.2, 0.25) is 0 Å². The molecule has 0 saturated carbocycles. The number of nitrogens with one attached hydrogen (secondary N) is 1. The molecule has 112 valence electrons. The monoisotopic (exact) mass is 301 g/mol. The topological polar surface area (TPSA) is 92.6 Å². The predicted molar refractivity (Wildman–Crippen MR) is 77.3 cm³/mol. The second-order valence-corrected chi connectivity index (χ2v) is 6.52. The molecule has 1 aromatic rings. The van der Waals surface area contributed by atoms with Gasteiger partial charge in [-0.1, -0.05) is 6.07 Å². The Hall–Kier alpha value is -1.67. The Bertz CT molecular complexity index is 599. The van der Waals surface area contributed by atoms with Crippen LogP contribution in [0, 0.1) is 10.1 Å². The van der Waals surface area contributed by atoms with Gasteiger partial charge in [0.15, 0.2) is 4.90 Å². The van der Waals surface area contributed by atoms with Crippen LogP contribution in [0.1, 0.15) is 20.8 Å². The smallest absolute Gasteiger partial charge is 0.312 e.